The maximum absolute atomic E-state index is 12.0. The van der Waals surface area contributed by atoms with Gasteiger partial charge in [0.25, 0.3) is 5.69 Å². The molecule has 0 aliphatic heterocycles. The molecule has 10 heteroatoms. The van der Waals surface area contributed by atoms with Gasteiger partial charge in [0, 0.05) is 18.7 Å². The number of nitro groups is 1. The van der Waals surface area contributed by atoms with Gasteiger partial charge in [-0.3, -0.25) is 14.9 Å². The van der Waals surface area contributed by atoms with Crippen LogP contribution in [0.2, 0.25) is 0 Å². The summed E-state index contributed by atoms with van der Waals surface area (Å²) in [7, 11) is -3.71. The smallest absolute Gasteiger partial charge is 0.320 e. The molecule has 4 N–H and O–H groups in total. The van der Waals surface area contributed by atoms with Gasteiger partial charge in [-0.05, 0) is 25.0 Å². The first-order valence-corrected chi connectivity index (χ1v) is 8.45. The van der Waals surface area contributed by atoms with Gasteiger partial charge in [-0.2, -0.15) is 0 Å². The highest BCUT2D eigenvalue weighted by molar-refractivity contribution is 7.89. The summed E-state index contributed by atoms with van der Waals surface area (Å²) in [6.45, 7) is 0.196. The molecule has 0 heterocycles. The minimum absolute atomic E-state index is 0.0454. The van der Waals surface area contributed by atoms with Crippen molar-refractivity contribution in [2.45, 2.75) is 36.6 Å². The largest absolute Gasteiger partial charge is 0.480 e. The van der Waals surface area contributed by atoms with Crippen molar-refractivity contribution in [2.75, 3.05) is 6.54 Å². The van der Waals surface area contributed by atoms with E-state index in [4.69, 9.17) is 10.8 Å². The van der Waals surface area contributed by atoms with Crippen LogP contribution in [0.15, 0.2) is 29.2 Å². The van der Waals surface area contributed by atoms with Crippen molar-refractivity contribution in [3.63, 3.8) is 0 Å². The average Bonchev–Trinajstić information content (AvgIpc) is 2.50. The van der Waals surface area contributed by atoms with E-state index >= 15 is 0 Å². The minimum atomic E-state index is -3.71. The lowest BCUT2D eigenvalue weighted by atomic mass is 10.1. The summed E-state index contributed by atoms with van der Waals surface area (Å²) in [6.07, 6.45) is 2.11. The van der Waals surface area contributed by atoms with Crippen LogP contribution in [0.5, 0.6) is 0 Å². The molecule has 128 valence electrons. The Bertz CT molecular complexity index is 644. The molecule has 0 bridgehead atoms. The quantitative estimate of drug-likeness (QED) is 0.323. The molecule has 0 spiro atoms. The Morgan fingerprint density at radius 1 is 1.26 bits per heavy atom. The molecule has 0 fully saturated rings. The van der Waals surface area contributed by atoms with Crippen LogP contribution < -0.4 is 10.5 Å². The zero-order chi connectivity index (χ0) is 17.5. The van der Waals surface area contributed by atoms with Crippen LogP contribution in [0.25, 0.3) is 0 Å². The molecule has 9 nitrogen and oxygen atoms in total. The second-order valence-corrected chi connectivity index (χ2v) is 6.71. The maximum atomic E-state index is 12.0. The molecule has 0 saturated heterocycles. The van der Waals surface area contributed by atoms with Crippen LogP contribution in [0.1, 0.15) is 25.7 Å². The summed E-state index contributed by atoms with van der Waals surface area (Å²) in [4.78, 5) is 20.4. The molecule has 1 aromatic carbocycles. The molecule has 0 aliphatic carbocycles. The van der Waals surface area contributed by atoms with Crippen molar-refractivity contribution < 1.29 is 23.2 Å². The number of carboxylic acid groups (broad SMARTS) is 1. The Hall–Kier alpha value is -2.04. The first kappa shape index (κ1) is 19.0. The zero-order valence-electron chi connectivity index (χ0n) is 12.3. The van der Waals surface area contributed by atoms with Crippen LogP contribution in [0, 0.1) is 10.1 Å². The number of rotatable bonds is 10. The highest BCUT2D eigenvalue weighted by Gasteiger charge is 2.15. The van der Waals surface area contributed by atoms with E-state index in [1.54, 1.807) is 0 Å². The summed E-state index contributed by atoms with van der Waals surface area (Å²) in [6, 6.07) is 3.70. The van der Waals surface area contributed by atoms with Crippen molar-refractivity contribution in [2.24, 2.45) is 5.73 Å². The van der Waals surface area contributed by atoms with Crippen molar-refractivity contribution in [3.05, 3.63) is 34.4 Å². The Balaban J connectivity index is 2.38. The standard InChI is InChI=1S/C13H19N3O6S/c14-12(13(17)18)4-2-1-3-9-15-23(21,22)11-7-5-10(6-8-11)16(19)20/h5-8,12,15H,1-4,9,14H2,(H,17,18). The summed E-state index contributed by atoms with van der Waals surface area (Å²) in [5.41, 5.74) is 5.17. The Morgan fingerprint density at radius 3 is 2.39 bits per heavy atom. The van der Waals surface area contributed by atoms with E-state index in [1.165, 1.54) is 12.1 Å². The monoisotopic (exact) mass is 345 g/mol. The number of unbranched alkanes of at least 4 members (excludes halogenated alkanes) is 2. The van der Waals surface area contributed by atoms with E-state index in [-0.39, 0.29) is 17.1 Å². The highest BCUT2D eigenvalue weighted by atomic mass is 32.2. The second kappa shape index (κ2) is 8.56. The number of nitrogens with one attached hydrogen (secondary N) is 1. The summed E-state index contributed by atoms with van der Waals surface area (Å²) in [5.74, 6) is -1.05. The number of sulfonamides is 1. The van der Waals surface area contributed by atoms with E-state index in [1.807, 2.05) is 0 Å². The van der Waals surface area contributed by atoms with Crippen LogP contribution in [0.4, 0.5) is 5.69 Å². The van der Waals surface area contributed by atoms with Gasteiger partial charge >= 0.3 is 5.97 Å². The summed E-state index contributed by atoms with van der Waals surface area (Å²) >= 11 is 0. The SMILES string of the molecule is NC(CCCCCNS(=O)(=O)c1ccc([N+](=O)[O-])cc1)C(=O)O. The van der Waals surface area contributed by atoms with Gasteiger partial charge in [0.2, 0.25) is 10.0 Å². The van der Waals surface area contributed by atoms with Crippen molar-refractivity contribution >= 4 is 21.7 Å². The first-order valence-electron chi connectivity index (χ1n) is 6.96. The van der Waals surface area contributed by atoms with Gasteiger partial charge in [0.1, 0.15) is 6.04 Å². The average molecular weight is 345 g/mol. The number of hydrogen-bond acceptors (Lipinski definition) is 6. The predicted molar refractivity (Wildman–Crippen MR) is 82.4 cm³/mol. The minimum Gasteiger partial charge on any atom is -0.480 e. The van der Waals surface area contributed by atoms with Crippen LogP contribution >= 0.6 is 0 Å². The normalized spacial score (nSPS) is 12.7. The van der Waals surface area contributed by atoms with E-state index in [0.29, 0.717) is 25.7 Å². The molecule has 0 aliphatic rings. The molecule has 23 heavy (non-hydrogen) atoms. The molecule has 1 unspecified atom stereocenters. The van der Waals surface area contributed by atoms with Gasteiger partial charge in [0.05, 0.1) is 9.82 Å². The predicted octanol–water partition coefficient (Wildman–Crippen LogP) is 0.845. The fraction of sp³-hybridized carbons (Fsp3) is 0.462. The van der Waals surface area contributed by atoms with Crippen molar-refractivity contribution in [3.8, 4) is 0 Å². The van der Waals surface area contributed by atoms with Gasteiger partial charge in [-0.25, -0.2) is 13.1 Å². The van der Waals surface area contributed by atoms with E-state index in [9.17, 15) is 23.3 Å². The number of nitro benzene ring substituents is 1. The lowest BCUT2D eigenvalue weighted by Gasteiger charge is -2.08. The molecule has 1 rings (SSSR count). The highest BCUT2D eigenvalue weighted by Crippen LogP contribution is 2.15. The third kappa shape index (κ3) is 6.30. The number of carboxylic acids is 1. The molecule has 0 amide bonds. The van der Waals surface area contributed by atoms with E-state index in [0.717, 1.165) is 12.1 Å². The topological polar surface area (TPSA) is 153 Å². The van der Waals surface area contributed by atoms with Crippen LogP contribution in [0.3, 0.4) is 0 Å². The Labute approximate surface area is 133 Å². The van der Waals surface area contributed by atoms with Crippen molar-refractivity contribution in [1.82, 2.24) is 4.72 Å². The molecule has 1 aromatic rings. The summed E-state index contributed by atoms with van der Waals surface area (Å²) < 4.78 is 26.3. The van der Waals surface area contributed by atoms with Gasteiger partial charge in [0.15, 0.2) is 0 Å². The lowest BCUT2D eigenvalue weighted by molar-refractivity contribution is -0.384. The molecule has 0 radical (unpaired) electrons. The molecule has 0 saturated carbocycles. The van der Waals surface area contributed by atoms with Gasteiger partial charge < -0.3 is 10.8 Å². The molecule has 1 atom stereocenters. The van der Waals surface area contributed by atoms with Gasteiger partial charge in [-0.1, -0.05) is 12.8 Å². The number of benzene rings is 1. The molecular weight excluding hydrogens is 326 g/mol. The number of nitrogens with zero attached hydrogens (tertiary/aromatic N) is 1. The number of non-ortho nitro benzene ring substituents is 1. The number of nitrogens with two attached hydrogens (primary N) is 1. The number of hydrogen-bond donors (Lipinski definition) is 3. The fourth-order valence-corrected chi connectivity index (χ4v) is 2.90. The zero-order valence-corrected chi connectivity index (χ0v) is 13.2. The van der Waals surface area contributed by atoms with E-state index < -0.39 is 27.0 Å². The maximum Gasteiger partial charge on any atom is 0.320 e. The number of aliphatic carboxylic acids is 1. The van der Waals surface area contributed by atoms with Gasteiger partial charge in [-0.15, -0.1) is 0 Å². The Kier molecular flexibility index (Phi) is 7.07. The molecule has 0 aromatic heterocycles. The first-order chi connectivity index (χ1) is 10.7. The molecular formula is C13H19N3O6S. The van der Waals surface area contributed by atoms with Crippen molar-refractivity contribution in [1.29, 1.82) is 0 Å². The second-order valence-electron chi connectivity index (χ2n) is 4.94. The third-order valence-corrected chi connectivity index (χ3v) is 4.64. The fourth-order valence-electron chi connectivity index (χ4n) is 1.83. The van der Waals surface area contributed by atoms with E-state index in [2.05, 4.69) is 4.72 Å². The summed E-state index contributed by atoms with van der Waals surface area (Å²) in [5, 5.41) is 19.1. The lowest BCUT2D eigenvalue weighted by Crippen LogP contribution is -2.29. The third-order valence-electron chi connectivity index (χ3n) is 3.16. The Morgan fingerprint density at radius 2 is 1.87 bits per heavy atom. The van der Waals surface area contributed by atoms with Crippen LogP contribution in [-0.2, 0) is 14.8 Å². The van der Waals surface area contributed by atoms with Crippen LogP contribution in [-0.4, -0.2) is 37.0 Å². The number of carbonyl (C=O) groups is 1.